The first kappa shape index (κ1) is 7.95. The summed E-state index contributed by atoms with van der Waals surface area (Å²) in [7, 11) is 1.32. The molecule has 0 bridgehead atoms. The second kappa shape index (κ2) is 3.89. The predicted molar refractivity (Wildman–Crippen MR) is 28.9 cm³/mol. The number of rotatable bonds is 2. The minimum absolute atomic E-state index is 0.211. The number of methoxy groups -OCH3 is 1. The fourth-order valence-corrected chi connectivity index (χ4v) is 0.272. The summed E-state index contributed by atoms with van der Waals surface area (Å²) in [6, 6.07) is 1.54. The van der Waals surface area contributed by atoms with E-state index in [4.69, 9.17) is 15.5 Å². The molecule has 9 heavy (non-hydrogen) atoms. The van der Waals surface area contributed by atoms with Gasteiger partial charge in [0, 0.05) is 0 Å². The molecule has 0 atom stereocenters. The van der Waals surface area contributed by atoms with Crippen LogP contribution in [0.1, 0.15) is 0 Å². The lowest BCUT2D eigenvalue weighted by atomic mass is 10.3. The van der Waals surface area contributed by atoms with Crippen LogP contribution in [0.4, 0.5) is 0 Å². The number of aliphatic hydroxyl groups is 2. The summed E-state index contributed by atoms with van der Waals surface area (Å²) in [6.07, 6.45) is -0.764. The highest BCUT2D eigenvalue weighted by molar-refractivity contribution is 5.20. The quantitative estimate of drug-likeness (QED) is 0.295. The van der Waals surface area contributed by atoms with Crippen molar-refractivity contribution >= 4 is 0 Å². The molecule has 0 saturated carbocycles. The van der Waals surface area contributed by atoms with Crippen LogP contribution < -0.4 is 0 Å². The van der Waals surface area contributed by atoms with Crippen molar-refractivity contribution in [3.05, 3.63) is 11.8 Å². The van der Waals surface area contributed by atoms with Crippen LogP contribution in [0.5, 0.6) is 0 Å². The van der Waals surface area contributed by atoms with Gasteiger partial charge in [-0.1, -0.05) is 0 Å². The van der Waals surface area contributed by atoms with Gasteiger partial charge in [0.15, 0.2) is 6.29 Å². The minimum atomic E-state index is -1.74. The van der Waals surface area contributed by atoms with E-state index in [1.165, 1.54) is 13.2 Å². The molecule has 2 N–H and O–H groups in total. The van der Waals surface area contributed by atoms with Gasteiger partial charge in [-0.2, -0.15) is 5.26 Å². The molecule has 0 radical (unpaired) electrons. The van der Waals surface area contributed by atoms with Crippen LogP contribution in [-0.2, 0) is 4.74 Å². The van der Waals surface area contributed by atoms with Crippen molar-refractivity contribution < 1.29 is 14.9 Å². The highest BCUT2D eigenvalue weighted by atomic mass is 16.5. The SMILES string of the molecule is CO/C=C(/C#N)C(O)O. The molecule has 0 aromatic carbocycles. The molecule has 0 amide bonds. The summed E-state index contributed by atoms with van der Waals surface area (Å²) in [5.74, 6) is 0. The Labute approximate surface area is 52.6 Å². The van der Waals surface area contributed by atoms with Gasteiger partial charge in [-0.15, -0.1) is 0 Å². The Balaban J connectivity index is 4.02. The van der Waals surface area contributed by atoms with Gasteiger partial charge in [0.1, 0.15) is 17.9 Å². The second-order valence-corrected chi connectivity index (χ2v) is 1.29. The largest absolute Gasteiger partial charge is 0.503 e. The normalized spacial score (nSPS) is 11.2. The Bertz CT molecular complexity index is 145. The predicted octanol–water partition coefficient (Wildman–Crippen LogP) is -0.649. The Kier molecular flexibility index (Phi) is 3.44. The summed E-state index contributed by atoms with van der Waals surface area (Å²) in [6.45, 7) is 0. The Morgan fingerprint density at radius 1 is 1.78 bits per heavy atom. The van der Waals surface area contributed by atoms with Gasteiger partial charge in [0.2, 0.25) is 0 Å². The molecular weight excluding hydrogens is 122 g/mol. The van der Waals surface area contributed by atoms with Crippen molar-refractivity contribution in [1.29, 1.82) is 5.26 Å². The molecule has 0 saturated heterocycles. The van der Waals surface area contributed by atoms with Crippen molar-refractivity contribution in [2.45, 2.75) is 6.29 Å². The number of ether oxygens (including phenoxy) is 1. The zero-order valence-electron chi connectivity index (χ0n) is 4.90. The van der Waals surface area contributed by atoms with E-state index in [2.05, 4.69) is 4.74 Å². The van der Waals surface area contributed by atoms with Gasteiger partial charge >= 0.3 is 0 Å². The molecular formula is C5H7NO3. The van der Waals surface area contributed by atoms with E-state index in [0.29, 0.717) is 0 Å². The lowest BCUT2D eigenvalue weighted by Crippen LogP contribution is -2.06. The number of nitrogens with zero attached hydrogens (tertiary/aromatic N) is 1. The van der Waals surface area contributed by atoms with Crippen molar-refractivity contribution in [1.82, 2.24) is 0 Å². The van der Waals surface area contributed by atoms with E-state index in [-0.39, 0.29) is 5.57 Å². The molecule has 0 aromatic heterocycles. The molecule has 0 heterocycles. The summed E-state index contributed by atoms with van der Waals surface area (Å²) in [4.78, 5) is 0. The molecule has 0 aliphatic carbocycles. The van der Waals surface area contributed by atoms with Gasteiger partial charge < -0.3 is 14.9 Å². The van der Waals surface area contributed by atoms with E-state index < -0.39 is 6.29 Å². The molecule has 0 aliphatic rings. The van der Waals surface area contributed by atoms with Crippen LogP contribution in [0, 0.1) is 11.3 Å². The Morgan fingerprint density at radius 2 is 2.33 bits per heavy atom. The summed E-state index contributed by atoms with van der Waals surface area (Å²) in [5.41, 5.74) is -0.211. The van der Waals surface area contributed by atoms with Gasteiger partial charge in [-0.3, -0.25) is 0 Å². The van der Waals surface area contributed by atoms with E-state index in [1.807, 2.05) is 0 Å². The van der Waals surface area contributed by atoms with Gasteiger partial charge in [-0.25, -0.2) is 0 Å². The van der Waals surface area contributed by atoms with E-state index >= 15 is 0 Å². The van der Waals surface area contributed by atoms with Crippen LogP contribution in [0.25, 0.3) is 0 Å². The number of nitriles is 1. The number of hydrogen-bond donors (Lipinski definition) is 2. The molecule has 0 unspecified atom stereocenters. The van der Waals surface area contributed by atoms with Gasteiger partial charge in [0.05, 0.1) is 7.11 Å². The number of aliphatic hydroxyl groups excluding tert-OH is 1. The lowest BCUT2D eigenvalue weighted by Gasteiger charge is -1.97. The molecule has 4 nitrogen and oxygen atoms in total. The maximum absolute atomic E-state index is 8.33. The fraction of sp³-hybridized carbons (Fsp3) is 0.400. The first-order valence-electron chi connectivity index (χ1n) is 2.21. The molecule has 0 spiro atoms. The molecule has 0 aromatic rings. The van der Waals surface area contributed by atoms with Gasteiger partial charge in [0.25, 0.3) is 0 Å². The molecule has 50 valence electrons. The summed E-state index contributed by atoms with van der Waals surface area (Å²) >= 11 is 0. The summed E-state index contributed by atoms with van der Waals surface area (Å²) in [5, 5.41) is 24.8. The topological polar surface area (TPSA) is 73.5 Å². The maximum atomic E-state index is 8.33. The smallest absolute Gasteiger partial charge is 0.191 e. The van der Waals surface area contributed by atoms with E-state index in [9.17, 15) is 0 Å². The molecule has 4 heteroatoms. The van der Waals surface area contributed by atoms with Crippen molar-refractivity contribution in [3.8, 4) is 6.07 Å². The monoisotopic (exact) mass is 129 g/mol. The Morgan fingerprint density at radius 3 is 2.44 bits per heavy atom. The third-order valence-corrected chi connectivity index (χ3v) is 0.652. The minimum Gasteiger partial charge on any atom is -0.503 e. The zero-order valence-corrected chi connectivity index (χ0v) is 4.90. The fourth-order valence-electron chi connectivity index (χ4n) is 0.272. The van der Waals surface area contributed by atoms with Crippen LogP contribution in [-0.4, -0.2) is 23.6 Å². The second-order valence-electron chi connectivity index (χ2n) is 1.29. The molecule has 0 rings (SSSR count). The van der Waals surface area contributed by atoms with E-state index in [1.54, 1.807) is 0 Å². The van der Waals surface area contributed by atoms with Crippen LogP contribution >= 0.6 is 0 Å². The average Bonchev–Trinajstić information content (AvgIpc) is 1.82. The highest BCUT2D eigenvalue weighted by Gasteiger charge is 2.03. The first-order chi connectivity index (χ1) is 4.22. The number of hydrogen-bond acceptors (Lipinski definition) is 4. The van der Waals surface area contributed by atoms with E-state index in [0.717, 1.165) is 6.26 Å². The average molecular weight is 129 g/mol. The third-order valence-electron chi connectivity index (χ3n) is 0.652. The summed E-state index contributed by atoms with van der Waals surface area (Å²) < 4.78 is 4.35. The van der Waals surface area contributed by atoms with Crippen LogP contribution in [0.3, 0.4) is 0 Å². The van der Waals surface area contributed by atoms with Crippen LogP contribution in [0.15, 0.2) is 11.8 Å². The Hall–Kier alpha value is -1.05. The van der Waals surface area contributed by atoms with Crippen molar-refractivity contribution in [3.63, 3.8) is 0 Å². The van der Waals surface area contributed by atoms with Crippen molar-refractivity contribution in [2.24, 2.45) is 0 Å². The maximum Gasteiger partial charge on any atom is 0.191 e. The first-order valence-corrected chi connectivity index (χ1v) is 2.21. The van der Waals surface area contributed by atoms with Crippen LogP contribution in [0.2, 0.25) is 0 Å². The lowest BCUT2D eigenvalue weighted by molar-refractivity contribution is -0.00610. The molecule has 0 fully saturated rings. The molecule has 0 aliphatic heterocycles. The standard InChI is InChI=1S/C5H7NO3/c1-9-3-4(2-6)5(7)8/h3,5,7-8H,1H3/b4-3-. The third kappa shape index (κ3) is 2.69. The highest BCUT2D eigenvalue weighted by Crippen LogP contribution is 1.95. The zero-order chi connectivity index (χ0) is 7.28. The van der Waals surface area contributed by atoms with Crippen molar-refractivity contribution in [2.75, 3.05) is 7.11 Å². The van der Waals surface area contributed by atoms with Gasteiger partial charge in [-0.05, 0) is 0 Å².